The number of ether oxygens (including phenoxy) is 1. The second-order valence-corrected chi connectivity index (χ2v) is 5.58. The number of anilines is 1. The molecule has 0 amide bonds. The number of rotatable bonds is 4. The van der Waals surface area contributed by atoms with Gasteiger partial charge in [-0.1, -0.05) is 0 Å². The summed E-state index contributed by atoms with van der Waals surface area (Å²) in [6, 6.07) is 2.10. The van der Waals surface area contributed by atoms with Crippen molar-refractivity contribution in [1.29, 1.82) is 0 Å². The predicted molar refractivity (Wildman–Crippen MR) is 77.7 cm³/mol. The Morgan fingerprint density at radius 2 is 2.21 bits per heavy atom. The van der Waals surface area contributed by atoms with Gasteiger partial charge in [0, 0.05) is 19.6 Å². The molecular formula is C13H18N4OS. The smallest absolute Gasteiger partial charge is 0.140 e. The van der Waals surface area contributed by atoms with Gasteiger partial charge in [-0.15, -0.1) is 11.3 Å². The molecule has 0 saturated carbocycles. The molecule has 3 rings (SSSR count). The van der Waals surface area contributed by atoms with Crippen molar-refractivity contribution in [3.8, 4) is 0 Å². The molecule has 0 atom stereocenters. The van der Waals surface area contributed by atoms with Gasteiger partial charge in [0.2, 0.25) is 0 Å². The van der Waals surface area contributed by atoms with E-state index < -0.39 is 0 Å². The largest absolute Gasteiger partial charge is 0.377 e. The molecule has 0 aromatic carbocycles. The third-order valence-corrected chi connectivity index (χ3v) is 4.27. The minimum Gasteiger partial charge on any atom is -0.377 e. The van der Waals surface area contributed by atoms with Crippen molar-refractivity contribution in [2.24, 2.45) is 5.73 Å². The van der Waals surface area contributed by atoms with Gasteiger partial charge in [0.05, 0.1) is 18.1 Å². The van der Waals surface area contributed by atoms with Crippen molar-refractivity contribution in [2.75, 3.05) is 31.1 Å². The van der Waals surface area contributed by atoms with Gasteiger partial charge in [-0.25, -0.2) is 9.97 Å². The van der Waals surface area contributed by atoms with Crippen LogP contribution in [0.1, 0.15) is 12.8 Å². The van der Waals surface area contributed by atoms with E-state index in [1.807, 2.05) is 0 Å². The lowest BCUT2D eigenvalue weighted by atomic mass is 10.1. The van der Waals surface area contributed by atoms with Crippen LogP contribution in [0.25, 0.3) is 10.2 Å². The Kier molecular flexibility index (Phi) is 3.91. The maximum atomic E-state index is 5.71. The first kappa shape index (κ1) is 12.8. The predicted octanol–water partition coefficient (Wildman–Crippen LogP) is 1.64. The van der Waals surface area contributed by atoms with Crippen LogP contribution < -0.4 is 10.6 Å². The molecule has 0 spiro atoms. The van der Waals surface area contributed by atoms with E-state index in [1.165, 1.54) is 0 Å². The van der Waals surface area contributed by atoms with E-state index in [0.29, 0.717) is 19.3 Å². The number of aromatic nitrogens is 2. The van der Waals surface area contributed by atoms with Gasteiger partial charge < -0.3 is 15.4 Å². The van der Waals surface area contributed by atoms with Gasteiger partial charge in [0.1, 0.15) is 17.0 Å². The zero-order valence-electron chi connectivity index (χ0n) is 10.8. The fraction of sp³-hybridized carbons (Fsp3) is 0.538. The number of fused-ring (bicyclic) bond motifs is 1. The summed E-state index contributed by atoms with van der Waals surface area (Å²) < 4.78 is 5.71. The zero-order chi connectivity index (χ0) is 13.1. The summed E-state index contributed by atoms with van der Waals surface area (Å²) in [5, 5.41) is 3.23. The number of piperidine rings is 1. The minimum absolute atomic E-state index is 0.347. The van der Waals surface area contributed by atoms with Gasteiger partial charge in [0.15, 0.2) is 0 Å². The summed E-state index contributed by atoms with van der Waals surface area (Å²) in [6.45, 7) is 3.23. The molecule has 0 radical (unpaired) electrons. The molecule has 1 aliphatic rings. The second kappa shape index (κ2) is 5.81. The molecule has 2 N–H and O–H groups in total. The fourth-order valence-corrected chi connectivity index (χ4v) is 3.23. The molecule has 0 aliphatic carbocycles. The lowest BCUT2D eigenvalue weighted by Gasteiger charge is -2.32. The van der Waals surface area contributed by atoms with Crippen LogP contribution >= 0.6 is 11.3 Å². The fourth-order valence-electron chi connectivity index (χ4n) is 2.50. The van der Waals surface area contributed by atoms with E-state index in [1.54, 1.807) is 17.7 Å². The van der Waals surface area contributed by atoms with Gasteiger partial charge >= 0.3 is 0 Å². The van der Waals surface area contributed by atoms with E-state index in [0.717, 1.165) is 42.0 Å². The molecule has 2 aromatic heterocycles. The van der Waals surface area contributed by atoms with E-state index in [2.05, 4.69) is 26.3 Å². The van der Waals surface area contributed by atoms with Crippen molar-refractivity contribution in [3.05, 3.63) is 17.8 Å². The molecule has 5 nitrogen and oxygen atoms in total. The van der Waals surface area contributed by atoms with Crippen LogP contribution in [0.3, 0.4) is 0 Å². The van der Waals surface area contributed by atoms with Crippen LogP contribution in [0.5, 0.6) is 0 Å². The quantitative estimate of drug-likeness (QED) is 0.921. The number of hydrogen-bond acceptors (Lipinski definition) is 6. The normalized spacial score (nSPS) is 17.2. The highest BCUT2D eigenvalue weighted by Crippen LogP contribution is 2.28. The highest BCUT2D eigenvalue weighted by molar-refractivity contribution is 7.16. The highest BCUT2D eigenvalue weighted by Gasteiger charge is 2.22. The Morgan fingerprint density at radius 1 is 1.37 bits per heavy atom. The number of hydrogen-bond donors (Lipinski definition) is 1. The molecule has 102 valence electrons. The molecule has 6 heteroatoms. The maximum Gasteiger partial charge on any atom is 0.140 e. The first-order chi connectivity index (χ1) is 9.38. The van der Waals surface area contributed by atoms with E-state index in [-0.39, 0.29) is 0 Å². The highest BCUT2D eigenvalue weighted by atomic mass is 32.1. The van der Waals surface area contributed by atoms with Gasteiger partial charge in [0.25, 0.3) is 0 Å². The summed E-state index contributed by atoms with van der Waals surface area (Å²) in [4.78, 5) is 12.1. The Morgan fingerprint density at radius 3 is 3.00 bits per heavy atom. The first-order valence-electron chi connectivity index (χ1n) is 6.63. The van der Waals surface area contributed by atoms with E-state index in [4.69, 9.17) is 10.5 Å². The topological polar surface area (TPSA) is 64.3 Å². The molecule has 19 heavy (non-hydrogen) atoms. The average molecular weight is 278 g/mol. The monoisotopic (exact) mass is 278 g/mol. The lowest BCUT2D eigenvalue weighted by Crippen LogP contribution is -2.38. The third kappa shape index (κ3) is 2.70. The SMILES string of the molecule is NCCOC1CCN(c2ncnc3sccc23)CC1. The Balaban J connectivity index is 1.69. The molecule has 0 unspecified atom stereocenters. The summed E-state index contributed by atoms with van der Waals surface area (Å²) in [5.74, 6) is 1.06. The van der Waals surface area contributed by atoms with Crippen molar-refractivity contribution in [3.63, 3.8) is 0 Å². The van der Waals surface area contributed by atoms with Crippen molar-refractivity contribution < 1.29 is 4.74 Å². The van der Waals surface area contributed by atoms with Gasteiger partial charge in [-0.05, 0) is 24.3 Å². The third-order valence-electron chi connectivity index (χ3n) is 3.45. The second-order valence-electron chi connectivity index (χ2n) is 4.68. The molecule has 1 saturated heterocycles. The lowest BCUT2D eigenvalue weighted by molar-refractivity contribution is 0.0421. The van der Waals surface area contributed by atoms with Crippen molar-refractivity contribution >= 4 is 27.4 Å². The van der Waals surface area contributed by atoms with Crippen LogP contribution in [-0.4, -0.2) is 42.3 Å². The van der Waals surface area contributed by atoms with Crippen molar-refractivity contribution in [1.82, 2.24) is 9.97 Å². The van der Waals surface area contributed by atoms with Crippen LogP contribution in [0.15, 0.2) is 17.8 Å². The molecule has 0 bridgehead atoms. The number of nitrogens with zero attached hydrogens (tertiary/aromatic N) is 3. The molecule has 1 aliphatic heterocycles. The molecule has 3 heterocycles. The van der Waals surface area contributed by atoms with Gasteiger partial charge in [-0.2, -0.15) is 0 Å². The Hall–Kier alpha value is -1.24. The number of thiophene rings is 1. The Labute approximate surface area is 116 Å². The molecule has 2 aromatic rings. The van der Waals surface area contributed by atoms with Crippen molar-refractivity contribution in [2.45, 2.75) is 18.9 Å². The summed E-state index contributed by atoms with van der Waals surface area (Å²) >= 11 is 1.66. The number of nitrogens with two attached hydrogens (primary N) is 1. The van der Waals surface area contributed by atoms with E-state index in [9.17, 15) is 0 Å². The van der Waals surface area contributed by atoms with Crippen LogP contribution in [0.4, 0.5) is 5.82 Å². The first-order valence-corrected chi connectivity index (χ1v) is 7.51. The Bertz CT molecular complexity index is 536. The van der Waals surface area contributed by atoms with Crippen LogP contribution in [0.2, 0.25) is 0 Å². The van der Waals surface area contributed by atoms with Gasteiger partial charge in [-0.3, -0.25) is 0 Å². The molecule has 1 fully saturated rings. The summed E-state index contributed by atoms with van der Waals surface area (Å²) in [6.07, 6.45) is 4.08. The summed E-state index contributed by atoms with van der Waals surface area (Å²) in [7, 11) is 0. The molecular weight excluding hydrogens is 260 g/mol. The minimum atomic E-state index is 0.347. The maximum absolute atomic E-state index is 5.71. The zero-order valence-corrected chi connectivity index (χ0v) is 11.6. The average Bonchev–Trinajstić information content (AvgIpc) is 2.94. The summed E-state index contributed by atoms with van der Waals surface area (Å²) in [5.41, 5.74) is 5.46. The van der Waals surface area contributed by atoms with Crippen LogP contribution in [0, 0.1) is 0 Å². The van der Waals surface area contributed by atoms with Crippen LogP contribution in [-0.2, 0) is 4.74 Å². The standard InChI is InChI=1S/C13H18N4OS/c14-4-7-18-10-1-5-17(6-2-10)12-11-3-8-19-13(11)16-9-15-12/h3,8-10H,1-2,4-7,14H2. The van der Waals surface area contributed by atoms with E-state index >= 15 is 0 Å².